The first kappa shape index (κ1) is 18.5. The average molecular weight is 402 g/mol. The summed E-state index contributed by atoms with van der Waals surface area (Å²) in [6, 6.07) is -0.0152. The molecule has 30 heavy (non-hydrogen) atoms. The van der Waals surface area contributed by atoms with E-state index >= 15 is 0 Å². The van der Waals surface area contributed by atoms with Gasteiger partial charge in [0.2, 0.25) is 0 Å². The number of ether oxygens (including phenoxy) is 2. The number of allylic oxidation sites excluding steroid dienone is 4. The minimum atomic E-state index is -0.536. The Morgan fingerprint density at radius 3 is 2.50 bits per heavy atom. The molecule has 0 saturated carbocycles. The van der Waals surface area contributed by atoms with E-state index in [0.717, 1.165) is 38.3 Å². The van der Waals surface area contributed by atoms with Gasteiger partial charge in [-0.15, -0.1) is 0 Å². The van der Waals surface area contributed by atoms with E-state index in [-0.39, 0.29) is 17.2 Å². The fourth-order valence-corrected chi connectivity index (χ4v) is 5.03. The van der Waals surface area contributed by atoms with E-state index in [9.17, 15) is 9.59 Å². The van der Waals surface area contributed by atoms with Crippen LogP contribution in [0.4, 0.5) is 5.69 Å². The molecule has 0 N–H and O–H groups in total. The quantitative estimate of drug-likeness (QED) is 0.717. The van der Waals surface area contributed by atoms with E-state index in [4.69, 9.17) is 9.47 Å². The van der Waals surface area contributed by atoms with Crippen molar-refractivity contribution in [1.29, 1.82) is 0 Å². The van der Waals surface area contributed by atoms with Crippen LogP contribution < -0.4 is 15.5 Å². The molecule has 0 amide bonds. The van der Waals surface area contributed by atoms with Gasteiger partial charge in [0.25, 0.3) is 0 Å². The van der Waals surface area contributed by atoms with Gasteiger partial charge in [-0.2, -0.15) is 0 Å². The first-order chi connectivity index (χ1) is 14.5. The van der Waals surface area contributed by atoms with Crippen LogP contribution >= 0.6 is 0 Å². The van der Waals surface area contributed by atoms with Gasteiger partial charge in [-0.05, 0) is 23.6 Å². The van der Waals surface area contributed by atoms with Gasteiger partial charge in [-0.25, -0.2) is 9.59 Å². The van der Waals surface area contributed by atoms with Crippen molar-refractivity contribution in [1.82, 2.24) is 4.57 Å². The van der Waals surface area contributed by atoms with Gasteiger partial charge in [0, 0.05) is 30.0 Å². The van der Waals surface area contributed by atoms with Crippen LogP contribution in [0.25, 0.3) is 22.6 Å². The molecule has 0 fully saturated rings. The molecule has 0 bridgehead atoms. The zero-order chi connectivity index (χ0) is 21.2. The van der Waals surface area contributed by atoms with E-state index in [1.54, 1.807) is 0 Å². The van der Waals surface area contributed by atoms with Crippen LogP contribution in [0.5, 0.6) is 0 Å². The molecule has 2 heterocycles. The molecule has 1 aromatic heterocycles. The molecule has 1 atom stereocenters. The molecular weight excluding hydrogens is 380 g/mol. The summed E-state index contributed by atoms with van der Waals surface area (Å²) >= 11 is 0. The standard InChI is InChI=1S/C24H22N2O4/c1-25-15-11-7-5-9-13(15)17-19(23(27)29-3)20(24(28)30-4)18-14-10-6-8-12-16(14)26(2)22(18)21(17)25/h5-9,11-12,15H,10H2,1-4H3. The summed E-state index contributed by atoms with van der Waals surface area (Å²) in [5.41, 5.74) is 4.41. The minimum Gasteiger partial charge on any atom is -0.465 e. The van der Waals surface area contributed by atoms with Crippen molar-refractivity contribution < 1.29 is 19.1 Å². The molecule has 2 aromatic rings. The summed E-state index contributed by atoms with van der Waals surface area (Å²) in [6.07, 6.45) is 14.8. The Kier molecular flexibility index (Phi) is 4.00. The molecule has 1 unspecified atom stereocenters. The molecule has 6 nitrogen and oxygen atoms in total. The topological polar surface area (TPSA) is 60.8 Å². The maximum absolute atomic E-state index is 13.1. The Labute approximate surface area is 173 Å². The van der Waals surface area contributed by atoms with E-state index in [0.29, 0.717) is 6.42 Å². The van der Waals surface area contributed by atoms with Gasteiger partial charge in [0.1, 0.15) is 0 Å². The summed E-state index contributed by atoms with van der Waals surface area (Å²) in [4.78, 5) is 28.3. The summed E-state index contributed by atoms with van der Waals surface area (Å²) < 4.78 is 12.4. The van der Waals surface area contributed by atoms with Gasteiger partial charge in [-0.3, -0.25) is 0 Å². The van der Waals surface area contributed by atoms with Crippen LogP contribution in [0.2, 0.25) is 0 Å². The Bertz CT molecular complexity index is 1350. The van der Waals surface area contributed by atoms with Crippen molar-refractivity contribution in [3.05, 3.63) is 63.7 Å². The van der Waals surface area contributed by atoms with Crippen molar-refractivity contribution in [2.45, 2.75) is 12.5 Å². The third kappa shape index (κ3) is 2.19. The maximum atomic E-state index is 13.1. The first-order valence-corrected chi connectivity index (χ1v) is 9.83. The van der Waals surface area contributed by atoms with Crippen molar-refractivity contribution >= 4 is 40.2 Å². The van der Waals surface area contributed by atoms with Gasteiger partial charge < -0.3 is 18.9 Å². The van der Waals surface area contributed by atoms with Crippen LogP contribution in [0, 0.1) is 0 Å². The Hall–Kier alpha value is -3.54. The van der Waals surface area contributed by atoms with Crippen molar-refractivity contribution in [3.8, 4) is 0 Å². The lowest BCUT2D eigenvalue weighted by Gasteiger charge is -2.24. The number of carbonyl (C=O) groups is 2. The van der Waals surface area contributed by atoms with E-state index in [1.807, 2.05) is 44.5 Å². The minimum absolute atomic E-state index is 0.0152. The van der Waals surface area contributed by atoms with Crippen LogP contribution in [0.15, 0.2) is 36.5 Å². The Morgan fingerprint density at radius 1 is 1.03 bits per heavy atom. The van der Waals surface area contributed by atoms with Crippen LogP contribution in [-0.4, -0.2) is 43.8 Å². The lowest BCUT2D eigenvalue weighted by Crippen LogP contribution is -2.28. The predicted octanol–water partition coefficient (Wildman–Crippen LogP) is 1.74. The van der Waals surface area contributed by atoms with Crippen LogP contribution in [-0.2, 0) is 22.9 Å². The number of anilines is 1. The normalized spacial score (nSPS) is 18.2. The fourth-order valence-electron chi connectivity index (χ4n) is 5.03. The summed E-state index contributed by atoms with van der Waals surface area (Å²) in [5.74, 6) is -1.07. The average Bonchev–Trinajstić information content (AvgIpc) is 3.24. The number of hydrogen-bond acceptors (Lipinski definition) is 5. The van der Waals surface area contributed by atoms with Gasteiger partial charge in [0.15, 0.2) is 0 Å². The number of rotatable bonds is 2. The largest absolute Gasteiger partial charge is 0.465 e. The number of aryl methyl sites for hydroxylation is 1. The van der Waals surface area contributed by atoms with Gasteiger partial charge in [-0.1, -0.05) is 36.5 Å². The Balaban J connectivity index is 2.12. The maximum Gasteiger partial charge on any atom is 0.339 e. The first-order valence-electron chi connectivity index (χ1n) is 9.83. The molecular formula is C24H22N2O4. The van der Waals surface area contributed by atoms with E-state index in [1.165, 1.54) is 14.2 Å². The second kappa shape index (κ2) is 6.49. The van der Waals surface area contributed by atoms with Crippen LogP contribution in [0.1, 0.15) is 26.3 Å². The number of hydrogen-bond donors (Lipinski definition) is 0. The molecule has 2 aliphatic carbocycles. The highest BCUT2D eigenvalue weighted by Gasteiger charge is 2.37. The fraction of sp³-hybridized carbons (Fsp3) is 0.250. The number of nitrogens with zero attached hydrogens (tertiary/aromatic N) is 2. The highest BCUT2D eigenvalue weighted by molar-refractivity contribution is 6.18. The lowest BCUT2D eigenvalue weighted by atomic mass is 9.92. The second-order valence-electron chi connectivity index (χ2n) is 7.66. The number of benzene rings is 1. The Morgan fingerprint density at radius 2 is 1.77 bits per heavy atom. The highest BCUT2D eigenvalue weighted by Crippen LogP contribution is 2.38. The summed E-state index contributed by atoms with van der Waals surface area (Å²) in [6.45, 7) is 0. The number of esters is 2. The zero-order valence-corrected chi connectivity index (χ0v) is 17.4. The highest BCUT2D eigenvalue weighted by atomic mass is 16.5. The number of fused-ring (bicyclic) bond motifs is 6. The molecule has 3 aliphatic rings. The van der Waals surface area contributed by atoms with Crippen molar-refractivity contribution in [3.63, 3.8) is 0 Å². The summed E-state index contributed by atoms with van der Waals surface area (Å²) in [7, 11) is 6.71. The molecule has 0 spiro atoms. The molecule has 152 valence electrons. The molecule has 1 aromatic carbocycles. The third-order valence-electron chi connectivity index (χ3n) is 6.30. The number of aromatic nitrogens is 1. The molecule has 0 saturated heterocycles. The number of carbonyl (C=O) groups excluding carboxylic acids is 2. The second-order valence-corrected chi connectivity index (χ2v) is 7.66. The van der Waals surface area contributed by atoms with Crippen molar-refractivity contribution in [2.75, 3.05) is 26.2 Å². The molecule has 1 aliphatic heterocycles. The predicted molar refractivity (Wildman–Crippen MR) is 116 cm³/mol. The van der Waals surface area contributed by atoms with Gasteiger partial charge in [0.05, 0.1) is 42.6 Å². The van der Waals surface area contributed by atoms with E-state index < -0.39 is 11.9 Å². The SMILES string of the molecule is COC(=O)c1c(C(=O)OC)c2c3c(n(C)c2c2c1=C1C=CC=CC1N2C)=CC=CC3. The number of methoxy groups -OCH3 is 2. The zero-order valence-electron chi connectivity index (χ0n) is 17.4. The van der Waals surface area contributed by atoms with Crippen LogP contribution in [0.3, 0.4) is 0 Å². The molecule has 0 radical (unpaired) electrons. The number of likely N-dealkylation sites (N-methyl/N-ethyl adjacent to an activating group) is 1. The molecule has 5 rings (SSSR count). The summed E-state index contributed by atoms with van der Waals surface area (Å²) in [5, 5.41) is 2.54. The van der Waals surface area contributed by atoms with E-state index in [2.05, 4.69) is 21.6 Å². The monoisotopic (exact) mass is 402 g/mol. The van der Waals surface area contributed by atoms with Gasteiger partial charge >= 0.3 is 11.9 Å². The van der Waals surface area contributed by atoms with Crippen molar-refractivity contribution in [2.24, 2.45) is 7.05 Å². The lowest BCUT2D eigenvalue weighted by molar-refractivity contribution is 0.0556. The molecule has 6 heteroatoms. The smallest absolute Gasteiger partial charge is 0.339 e. The third-order valence-corrected chi connectivity index (χ3v) is 6.30.